The van der Waals surface area contributed by atoms with Gasteiger partial charge in [0.15, 0.2) is 0 Å². The summed E-state index contributed by atoms with van der Waals surface area (Å²) in [6.45, 7) is 6.50. The molecule has 1 aromatic carbocycles. The van der Waals surface area contributed by atoms with Crippen molar-refractivity contribution in [3.8, 4) is 22.3 Å². The molecule has 150 valence electrons. The first-order chi connectivity index (χ1) is 14.7. The maximum absolute atomic E-state index is 11.6. The van der Waals surface area contributed by atoms with E-state index in [-0.39, 0.29) is 5.91 Å². The third-order valence-electron chi connectivity index (χ3n) is 4.81. The van der Waals surface area contributed by atoms with E-state index >= 15 is 0 Å². The first-order valence-electron chi connectivity index (χ1n) is 9.89. The Kier molecular flexibility index (Phi) is 5.57. The minimum Gasteiger partial charge on any atom is -0.370 e. The molecule has 6 heteroatoms. The fraction of sp³-hybridized carbons (Fsp3) is 0.125. The van der Waals surface area contributed by atoms with Crippen LogP contribution in [0.5, 0.6) is 0 Å². The van der Waals surface area contributed by atoms with Crippen LogP contribution in [0.4, 0.5) is 11.5 Å². The molecule has 0 saturated carbocycles. The van der Waals surface area contributed by atoms with Gasteiger partial charge >= 0.3 is 0 Å². The van der Waals surface area contributed by atoms with Gasteiger partial charge in [-0.2, -0.15) is 0 Å². The number of benzene rings is 1. The van der Waals surface area contributed by atoms with E-state index in [9.17, 15) is 4.79 Å². The zero-order chi connectivity index (χ0) is 20.9. The lowest BCUT2D eigenvalue weighted by Crippen LogP contribution is -2.06. The Bertz CT molecular complexity index is 1210. The molecule has 3 heterocycles. The third-order valence-corrected chi connectivity index (χ3v) is 4.81. The lowest BCUT2D eigenvalue weighted by Gasteiger charge is -2.08. The van der Waals surface area contributed by atoms with Crippen LogP contribution in [0.25, 0.3) is 33.3 Å². The fourth-order valence-corrected chi connectivity index (χ4v) is 3.32. The van der Waals surface area contributed by atoms with E-state index in [2.05, 4.69) is 51.2 Å². The molecule has 6 nitrogen and oxygen atoms in total. The van der Waals surface area contributed by atoms with Crippen LogP contribution in [0.3, 0.4) is 0 Å². The topological polar surface area (TPSA) is 82.7 Å². The number of carbonyl (C=O) groups excluding carboxylic acids is 1. The average molecular weight is 397 g/mol. The van der Waals surface area contributed by atoms with E-state index in [1.54, 1.807) is 0 Å². The van der Waals surface area contributed by atoms with Crippen LogP contribution in [0.2, 0.25) is 0 Å². The first kappa shape index (κ1) is 19.4. The summed E-state index contributed by atoms with van der Waals surface area (Å²) in [4.78, 5) is 23.8. The van der Waals surface area contributed by atoms with Crippen LogP contribution in [-0.4, -0.2) is 27.4 Å². The van der Waals surface area contributed by atoms with E-state index in [0.29, 0.717) is 5.69 Å². The summed E-state index contributed by atoms with van der Waals surface area (Å²) in [6, 6.07) is 13.8. The van der Waals surface area contributed by atoms with Crippen LogP contribution in [0.15, 0.2) is 73.7 Å². The molecule has 0 saturated heterocycles. The number of fused-ring (bicyclic) bond motifs is 1. The van der Waals surface area contributed by atoms with Gasteiger partial charge in [0.05, 0.1) is 0 Å². The summed E-state index contributed by atoms with van der Waals surface area (Å²) in [5, 5.41) is 7.16. The van der Waals surface area contributed by atoms with Gasteiger partial charge in [0.1, 0.15) is 11.5 Å². The van der Waals surface area contributed by atoms with Crippen molar-refractivity contribution in [1.82, 2.24) is 15.0 Å². The lowest BCUT2D eigenvalue weighted by molar-refractivity contribution is -0.111. The molecule has 4 rings (SSSR count). The number of rotatable bonds is 7. The maximum Gasteiger partial charge on any atom is 0.247 e. The number of hydrogen-bond acceptors (Lipinski definition) is 4. The number of anilines is 2. The zero-order valence-corrected chi connectivity index (χ0v) is 16.8. The highest BCUT2D eigenvalue weighted by atomic mass is 16.1. The molecule has 0 aliphatic carbocycles. The Labute approximate surface area is 175 Å². The van der Waals surface area contributed by atoms with Crippen molar-refractivity contribution >= 4 is 28.4 Å². The number of nitrogens with zero attached hydrogens (tertiary/aromatic N) is 2. The predicted molar refractivity (Wildman–Crippen MR) is 122 cm³/mol. The summed E-state index contributed by atoms with van der Waals surface area (Å²) >= 11 is 0. The van der Waals surface area contributed by atoms with E-state index in [1.165, 1.54) is 6.08 Å². The van der Waals surface area contributed by atoms with Crippen molar-refractivity contribution < 1.29 is 4.79 Å². The average Bonchev–Trinajstić information content (AvgIpc) is 3.21. The predicted octanol–water partition coefficient (Wildman–Crippen LogP) is 5.24. The molecule has 0 atom stereocenters. The minimum absolute atomic E-state index is 0.237. The number of pyridine rings is 2. The van der Waals surface area contributed by atoms with Crippen molar-refractivity contribution in [2.45, 2.75) is 13.3 Å². The highest BCUT2D eigenvalue weighted by molar-refractivity contribution is 5.99. The molecule has 0 aliphatic rings. The standard InChI is InChI=1S/C24H23N5O/c1-3-9-25-22-13-17(8-10-26-22)21-15-28-24-20(21)12-18(14-27-24)16-6-5-7-19(11-16)29-23(30)4-2/h4-8,10-15H,2-3,9H2,1H3,(H,25,26)(H,27,28)(H,29,30). The molecule has 30 heavy (non-hydrogen) atoms. The van der Waals surface area contributed by atoms with Crippen molar-refractivity contribution in [3.05, 3.63) is 73.7 Å². The number of carbonyl (C=O) groups is 1. The second-order valence-corrected chi connectivity index (χ2v) is 6.95. The molecule has 0 radical (unpaired) electrons. The molecule has 1 amide bonds. The van der Waals surface area contributed by atoms with Crippen molar-refractivity contribution in [2.24, 2.45) is 0 Å². The Morgan fingerprint density at radius 3 is 2.87 bits per heavy atom. The molecule has 3 aromatic heterocycles. The summed E-state index contributed by atoms with van der Waals surface area (Å²) in [5.41, 5.74) is 5.62. The Hall–Kier alpha value is -3.93. The van der Waals surface area contributed by atoms with Gasteiger partial charge in [-0.1, -0.05) is 25.6 Å². The zero-order valence-electron chi connectivity index (χ0n) is 16.8. The first-order valence-corrected chi connectivity index (χ1v) is 9.89. The summed E-state index contributed by atoms with van der Waals surface area (Å²) < 4.78 is 0. The van der Waals surface area contributed by atoms with Crippen LogP contribution in [0.1, 0.15) is 13.3 Å². The Morgan fingerprint density at radius 1 is 1.13 bits per heavy atom. The van der Waals surface area contributed by atoms with Crippen LogP contribution < -0.4 is 10.6 Å². The summed E-state index contributed by atoms with van der Waals surface area (Å²) in [6.07, 6.45) is 7.91. The van der Waals surface area contributed by atoms with Crippen molar-refractivity contribution in [2.75, 3.05) is 17.2 Å². The molecule has 0 unspecified atom stereocenters. The van der Waals surface area contributed by atoms with Gasteiger partial charge in [-0.05, 0) is 54.0 Å². The van der Waals surface area contributed by atoms with E-state index in [1.807, 2.05) is 48.9 Å². The van der Waals surface area contributed by atoms with Gasteiger partial charge in [-0.3, -0.25) is 4.79 Å². The summed E-state index contributed by atoms with van der Waals surface area (Å²) in [5.74, 6) is 0.622. The smallest absolute Gasteiger partial charge is 0.247 e. The largest absolute Gasteiger partial charge is 0.370 e. The molecule has 0 fully saturated rings. The number of aromatic nitrogens is 3. The minimum atomic E-state index is -0.237. The van der Waals surface area contributed by atoms with Crippen LogP contribution in [-0.2, 0) is 4.79 Å². The Balaban J connectivity index is 1.71. The van der Waals surface area contributed by atoms with Gasteiger partial charge in [0.25, 0.3) is 0 Å². The number of hydrogen-bond donors (Lipinski definition) is 3. The van der Waals surface area contributed by atoms with Crippen molar-refractivity contribution in [3.63, 3.8) is 0 Å². The molecular weight excluding hydrogens is 374 g/mol. The molecule has 0 aliphatic heterocycles. The molecule has 0 spiro atoms. The second kappa shape index (κ2) is 8.61. The van der Waals surface area contributed by atoms with Gasteiger partial charge in [-0.15, -0.1) is 0 Å². The number of amides is 1. The van der Waals surface area contributed by atoms with Gasteiger partial charge < -0.3 is 15.6 Å². The van der Waals surface area contributed by atoms with E-state index in [0.717, 1.165) is 52.1 Å². The lowest BCUT2D eigenvalue weighted by atomic mass is 10.0. The SMILES string of the molecule is C=CC(=O)Nc1cccc(-c2cnc3[nH]cc(-c4ccnc(NCCC)c4)c3c2)c1. The van der Waals surface area contributed by atoms with Crippen LogP contribution >= 0.6 is 0 Å². The Morgan fingerprint density at radius 2 is 2.03 bits per heavy atom. The van der Waals surface area contributed by atoms with Crippen molar-refractivity contribution in [1.29, 1.82) is 0 Å². The second-order valence-electron chi connectivity index (χ2n) is 6.95. The fourth-order valence-electron chi connectivity index (χ4n) is 3.32. The highest BCUT2D eigenvalue weighted by Crippen LogP contribution is 2.32. The highest BCUT2D eigenvalue weighted by Gasteiger charge is 2.10. The molecular formula is C24H23N5O. The normalized spacial score (nSPS) is 10.7. The molecule has 3 N–H and O–H groups in total. The molecule has 0 bridgehead atoms. The third kappa shape index (κ3) is 4.07. The monoisotopic (exact) mass is 397 g/mol. The number of aromatic amines is 1. The maximum atomic E-state index is 11.6. The van der Waals surface area contributed by atoms with Gasteiger partial charge in [-0.25, -0.2) is 9.97 Å². The van der Waals surface area contributed by atoms with Gasteiger partial charge in [0, 0.05) is 47.3 Å². The van der Waals surface area contributed by atoms with E-state index in [4.69, 9.17) is 0 Å². The number of H-pyrrole nitrogens is 1. The van der Waals surface area contributed by atoms with Crippen LogP contribution in [0, 0.1) is 0 Å². The van der Waals surface area contributed by atoms with Gasteiger partial charge in [0.2, 0.25) is 5.91 Å². The summed E-state index contributed by atoms with van der Waals surface area (Å²) in [7, 11) is 0. The number of nitrogens with one attached hydrogen (secondary N) is 3. The van der Waals surface area contributed by atoms with E-state index < -0.39 is 0 Å². The molecule has 4 aromatic rings. The quantitative estimate of drug-likeness (QED) is 0.373.